The molecule has 1 fully saturated rings. The van der Waals surface area contributed by atoms with E-state index in [9.17, 15) is 0 Å². The average molecular weight is 382 g/mol. The summed E-state index contributed by atoms with van der Waals surface area (Å²) < 4.78 is 1.22. The normalized spacial score (nSPS) is 14.5. The summed E-state index contributed by atoms with van der Waals surface area (Å²) in [6.07, 6.45) is 3.84. The van der Waals surface area contributed by atoms with Crippen molar-refractivity contribution in [3.8, 4) is 0 Å². The van der Waals surface area contributed by atoms with Gasteiger partial charge in [0.2, 0.25) is 0 Å². The minimum Gasteiger partial charge on any atom is -0.385 e. The highest BCUT2D eigenvalue weighted by Gasteiger charge is 2.18. The smallest absolute Gasteiger partial charge is 0.150 e. The van der Waals surface area contributed by atoms with Crippen LogP contribution in [0.1, 0.15) is 36.9 Å². The average Bonchev–Trinajstić information content (AvgIpc) is 3.10. The van der Waals surface area contributed by atoms with Gasteiger partial charge in [-0.2, -0.15) is 0 Å². The van der Waals surface area contributed by atoms with Gasteiger partial charge >= 0.3 is 0 Å². The van der Waals surface area contributed by atoms with Gasteiger partial charge in [-0.1, -0.05) is 6.07 Å². The van der Waals surface area contributed by atoms with Gasteiger partial charge in [0.05, 0.1) is 10.2 Å². The van der Waals surface area contributed by atoms with Crippen LogP contribution >= 0.6 is 11.3 Å². The summed E-state index contributed by atoms with van der Waals surface area (Å²) in [5.74, 6) is 1.99. The van der Waals surface area contributed by atoms with Gasteiger partial charge in [0, 0.05) is 42.4 Å². The maximum absolute atomic E-state index is 4.79. The number of hydrogen-bond acceptors (Lipinski definition) is 6. The minimum atomic E-state index is 0.801. The van der Waals surface area contributed by atoms with Gasteiger partial charge in [-0.15, -0.1) is 11.3 Å². The van der Waals surface area contributed by atoms with Crippen molar-refractivity contribution in [3.63, 3.8) is 0 Å². The lowest BCUT2D eigenvalue weighted by Crippen LogP contribution is -2.30. The van der Waals surface area contributed by atoms with Crippen LogP contribution in [0.25, 0.3) is 10.2 Å². The molecule has 142 valence electrons. The Balaban J connectivity index is 1.55. The van der Waals surface area contributed by atoms with Crippen LogP contribution in [0.2, 0.25) is 0 Å². The number of benzene rings is 1. The zero-order chi connectivity index (χ0) is 18.6. The molecule has 1 aliphatic heterocycles. The molecule has 0 spiro atoms. The van der Waals surface area contributed by atoms with Gasteiger partial charge in [-0.3, -0.25) is 0 Å². The number of aromatic nitrogens is 2. The number of nitrogens with one attached hydrogen (secondary N) is 2. The minimum absolute atomic E-state index is 0.801. The van der Waals surface area contributed by atoms with E-state index in [1.165, 1.54) is 28.8 Å². The van der Waals surface area contributed by atoms with Crippen molar-refractivity contribution >= 4 is 38.7 Å². The Kier molecular flexibility index (Phi) is 5.43. The second-order valence-electron chi connectivity index (χ2n) is 7.03. The van der Waals surface area contributed by atoms with E-state index in [0.29, 0.717) is 0 Å². The van der Waals surface area contributed by atoms with E-state index in [0.717, 1.165) is 54.7 Å². The first-order valence-corrected chi connectivity index (χ1v) is 10.6. The van der Waals surface area contributed by atoms with Gasteiger partial charge in [-0.05, 0) is 57.4 Å². The largest absolute Gasteiger partial charge is 0.385 e. The Morgan fingerprint density at radius 3 is 2.59 bits per heavy atom. The molecule has 6 heteroatoms. The van der Waals surface area contributed by atoms with E-state index in [1.54, 1.807) is 0 Å². The van der Waals surface area contributed by atoms with Crippen molar-refractivity contribution in [2.24, 2.45) is 0 Å². The fourth-order valence-electron chi connectivity index (χ4n) is 3.62. The first kappa shape index (κ1) is 18.0. The number of rotatable bonds is 6. The molecule has 3 heterocycles. The van der Waals surface area contributed by atoms with Gasteiger partial charge in [0.15, 0.2) is 0 Å². The zero-order valence-corrected chi connectivity index (χ0v) is 16.9. The van der Waals surface area contributed by atoms with Crippen molar-refractivity contribution < 1.29 is 0 Å². The summed E-state index contributed by atoms with van der Waals surface area (Å²) in [5, 5.41) is 6.90. The topological polar surface area (TPSA) is 53.1 Å². The number of thiophene rings is 1. The van der Waals surface area contributed by atoms with E-state index in [-0.39, 0.29) is 0 Å². The van der Waals surface area contributed by atoms with Crippen molar-refractivity contribution in [3.05, 3.63) is 41.0 Å². The number of nitrogens with zero attached hydrogens (tertiary/aromatic N) is 3. The van der Waals surface area contributed by atoms with Gasteiger partial charge in [0.1, 0.15) is 11.6 Å². The van der Waals surface area contributed by atoms with Crippen LogP contribution in [0.5, 0.6) is 0 Å². The molecule has 3 aromatic rings. The summed E-state index contributed by atoms with van der Waals surface area (Å²) >= 11 is 1.82. The first-order valence-electron chi connectivity index (χ1n) is 9.83. The van der Waals surface area contributed by atoms with Crippen LogP contribution in [-0.2, 0) is 6.54 Å². The predicted molar refractivity (Wildman–Crippen MR) is 116 cm³/mol. The van der Waals surface area contributed by atoms with Crippen LogP contribution in [0, 0.1) is 6.92 Å². The number of aryl methyl sites for hydroxylation is 1. The molecular weight excluding hydrogens is 354 g/mol. The van der Waals surface area contributed by atoms with Crippen molar-refractivity contribution in [1.29, 1.82) is 0 Å². The third-order valence-corrected chi connectivity index (χ3v) is 6.00. The van der Waals surface area contributed by atoms with Crippen LogP contribution in [0.15, 0.2) is 30.3 Å². The molecule has 5 nitrogen and oxygen atoms in total. The van der Waals surface area contributed by atoms with Crippen LogP contribution < -0.4 is 15.5 Å². The Morgan fingerprint density at radius 1 is 1.04 bits per heavy atom. The highest BCUT2D eigenvalue weighted by atomic mass is 32.1. The number of fused-ring (bicyclic) bond motifs is 1. The Bertz CT molecular complexity index is 914. The molecule has 1 aliphatic rings. The fourth-order valence-corrected chi connectivity index (χ4v) is 4.67. The first-order chi connectivity index (χ1) is 13.2. The second-order valence-corrected chi connectivity index (χ2v) is 8.17. The molecule has 0 aliphatic carbocycles. The van der Waals surface area contributed by atoms with Crippen molar-refractivity contribution in [2.75, 3.05) is 35.2 Å². The van der Waals surface area contributed by atoms with Gasteiger partial charge in [0.25, 0.3) is 0 Å². The summed E-state index contributed by atoms with van der Waals surface area (Å²) in [5.41, 5.74) is 3.35. The predicted octanol–water partition coefficient (Wildman–Crippen LogP) is 5.03. The van der Waals surface area contributed by atoms with Crippen LogP contribution in [-0.4, -0.2) is 29.6 Å². The quantitative estimate of drug-likeness (QED) is 0.627. The summed E-state index contributed by atoms with van der Waals surface area (Å²) in [6.45, 7) is 8.05. The van der Waals surface area contributed by atoms with E-state index >= 15 is 0 Å². The third kappa shape index (κ3) is 4.16. The Labute approximate surface area is 164 Å². The second kappa shape index (κ2) is 8.13. The summed E-state index contributed by atoms with van der Waals surface area (Å²) in [6, 6.07) is 10.6. The highest BCUT2D eigenvalue weighted by molar-refractivity contribution is 7.19. The third-order valence-electron chi connectivity index (χ3n) is 4.88. The standard InChI is InChI=1S/C21H27N5S/c1-3-22-16-8-7-9-17(12-16)23-14-18-13-19-20(27-18)21(25-15(2)24-19)26-10-5-4-6-11-26/h7-9,12-13,22-23H,3-6,10-11,14H2,1-2H3. The molecule has 0 unspecified atom stereocenters. The van der Waals surface area contributed by atoms with E-state index in [4.69, 9.17) is 4.98 Å². The molecule has 0 radical (unpaired) electrons. The number of hydrogen-bond donors (Lipinski definition) is 2. The molecule has 2 aromatic heterocycles. The summed E-state index contributed by atoms with van der Waals surface area (Å²) in [7, 11) is 0. The summed E-state index contributed by atoms with van der Waals surface area (Å²) in [4.78, 5) is 13.2. The molecule has 1 aromatic carbocycles. The van der Waals surface area contributed by atoms with Crippen molar-refractivity contribution in [2.45, 2.75) is 39.7 Å². The molecule has 0 bridgehead atoms. The van der Waals surface area contributed by atoms with E-state index < -0.39 is 0 Å². The fraction of sp³-hybridized carbons (Fsp3) is 0.429. The van der Waals surface area contributed by atoms with Crippen LogP contribution in [0.4, 0.5) is 17.2 Å². The molecule has 1 saturated heterocycles. The highest BCUT2D eigenvalue weighted by Crippen LogP contribution is 2.33. The lowest BCUT2D eigenvalue weighted by Gasteiger charge is -2.28. The SMILES string of the molecule is CCNc1cccc(NCc2cc3nc(C)nc(N4CCCCC4)c3s2)c1. The molecule has 0 atom stereocenters. The maximum Gasteiger partial charge on any atom is 0.150 e. The molecule has 0 saturated carbocycles. The number of anilines is 3. The molecule has 27 heavy (non-hydrogen) atoms. The monoisotopic (exact) mass is 381 g/mol. The number of piperidine rings is 1. The van der Waals surface area contributed by atoms with Crippen molar-refractivity contribution in [1.82, 2.24) is 9.97 Å². The van der Waals surface area contributed by atoms with Gasteiger partial charge < -0.3 is 15.5 Å². The maximum atomic E-state index is 4.79. The van der Waals surface area contributed by atoms with E-state index in [2.05, 4.69) is 57.8 Å². The molecule has 4 rings (SSSR count). The Morgan fingerprint density at radius 2 is 1.81 bits per heavy atom. The van der Waals surface area contributed by atoms with E-state index in [1.807, 2.05) is 18.3 Å². The molecule has 2 N–H and O–H groups in total. The molecule has 0 amide bonds. The zero-order valence-electron chi connectivity index (χ0n) is 16.1. The van der Waals surface area contributed by atoms with Gasteiger partial charge in [-0.25, -0.2) is 9.97 Å². The lowest BCUT2D eigenvalue weighted by atomic mass is 10.1. The molecular formula is C21H27N5S. The lowest BCUT2D eigenvalue weighted by molar-refractivity contribution is 0.574. The Hall–Kier alpha value is -2.34. The van der Waals surface area contributed by atoms with Crippen LogP contribution in [0.3, 0.4) is 0 Å².